The number of hydrogen-bond acceptors (Lipinski definition) is 2. The predicted octanol–water partition coefficient (Wildman–Crippen LogP) is 4.30. The Hall–Kier alpha value is -1.27. The molecule has 0 N–H and O–H groups in total. The minimum absolute atomic E-state index is 0.845. The van der Waals surface area contributed by atoms with Gasteiger partial charge in [0.2, 0.25) is 0 Å². The first kappa shape index (κ1) is 14.8. The summed E-state index contributed by atoms with van der Waals surface area (Å²) in [5, 5.41) is 0. The van der Waals surface area contributed by atoms with E-state index in [1.807, 2.05) is 35.7 Å². The summed E-state index contributed by atoms with van der Waals surface area (Å²) in [7, 11) is -3.62. The molecule has 0 fully saturated rings. The van der Waals surface area contributed by atoms with Crippen molar-refractivity contribution in [3.8, 4) is 11.5 Å². The third-order valence-corrected chi connectivity index (χ3v) is 6.04. The van der Waals surface area contributed by atoms with Gasteiger partial charge in [0.05, 0.1) is 0 Å². The van der Waals surface area contributed by atoms with Crippen LogP contribution in [0.1, 0.15) is 0 Å². The minimum Gasteiger partial charge on any atom is -0.540 e. The third-order valence-electron chi connectivity index (χ3n) is 2.55. The molecular weight excluding hydrogens is 256 g/mol. The molecule has 0 atom stereocenters. The summed E-state index contributed by atoms with van der Waals surface area (Å²) in [6.07, 6.45) is 0. The maximum Gasteiger partial charge on any atom is 0.269 e. The summed E-state index contributed by atoms with van der Waals surface area (Å²) < 4.78 is 11.9. The van der Waals surface area contributed by atoms with E-state index in [1.165, 1.54) is 0 Å². The SMILES string of the molecule is C=C[Si](C)(C)Oc1cccc(O[Si](C)(C)C=C)c1. The molecule has 0 bridgehead atoms. The highest BCUT2D eigenvalue weighted by Crippen LogP contribution is 2.24. The quantitative estimate of drug-likeness (QED) is 0.722. The van der Waals surface area contributed by atoms with E-state index in [1.54, 1.807) is 0 Å². The van der Waals surface area contributed by atoms with Gasteiger partial charge < -0.3 is 8.85 Å². The van der Waals surface area contributed by atoms with Crippen LogP contribution < -0.4 is 8.85 Å². The summed E-state index contributed by atoms with van der Waals surface area (Å²) >= 11 is 0. The largest absolute Gasteiger partial charge is 0.540 e. The first-order chi connectivity index (χ1) is 8.28. The first-order valence-corrected chi connectivity index (χ1v) is 12.0. The van der Waals surface area contributed by atoms with E-state index in [-0.39, 0.29) is 0 Å². The third kappa shape index (κ3) is 4.54. The lowest BCUT2D eigenvalue weighted by molar-refractivity contribution is 0.538. The van der Waals surface area contributed by atoms with Crippen LogP contribution in [0.15, 0.2) is 48.8 Å². The molecule has 18 heavy (non-hydrogen) atoms. The van der Waals surface area contributed by atoms with Crippen LogP contribution in [0.2, 0.25) is 26.2 Å². The van der Waals surface area contributed by atoms with E-state index in [2.05, 4.69) is 39.3 Å². The van der Waals surface area contributed by atoms with Gasteiger partial charge in [-0.1, -0.05) is 17.5 Å². The Morgan fingerprint density at radius 2 is 1.28 bits per heavy atom. The summed E-state index contributed by atoms with van der Waals surface area (Å²) in [4.78, 5) is 0. The lowest BCUT2D eigenvalue weighted by Crippen LogP contribution is -2.32. The molecule has 0 spiro atoms. The molecule has 0 aliphatic carbocycles. The van der Waals surface area contributed by atoms with Crippen molar-refractivity contribution in [2.24, 2.45) is 0 Å². The van der Waals surface area contributed by atoms with Crippen LogP contribution >= 0.6 is 0 Å². The van der Waals surface area contributed by atoms with E-state index in [0.717, 1.165) is 11.5 Å². The molecule has 0 saturated carbocycles. The van der Waals surface area contributed by atoms with Crippen molar-refractivity contribution in [1.82, 2.24) is 0 Å². The number of benzene rings is 1. The van der Waals surface area contributed by atoms with Crippen LogP contribution in [0.3, 0.4) is 0 Å². The van der Waals surface area contributed by atoms with Crippen molar-refractivity contribution in [2.45, 2.75) is 26.2 Å². The molecule has 0 heterocycles. The zero-order valence-corrected chi connectivity index (χ0v) is 13.7. The molecule has 1 aromatic carbocycles. The van der Waals surface area contributed by atoms with Gasteiger partial charge in [-0.15, -0.1) is 13.2 Å². The number of rotatable bonds is 6. The van der Waals surface area contributed by atoms with Crippen LogP contribution in [-0.2, 0) is 0 Å². The highest BCUT2D eigenvalue weighted by atomic mass is 28.4. The van der Waals surface area contributed by atoms with Gasteiger partial charge in [0.1, 0.15) is 11.5 Å². The van der Waals surface area contributed by atoms with Crippen molar-refractivity contribution in [2.75, 3.05) is 0 Å². The second kappa shape index (κ2) is 5.58. The zero-order chi connectivity index (χ0) is 13.8. The Kier molecular flexibility index (Phi) is 4.59. The molecule has 2 nitrogen and oxygen atoms in total. The highest BCUT2D eigenvalue weighted by molar-refractivity contribution is 6.77. The van der Waals surface area contributed by atoms with Crippen molar-refractivity contribution in [3.05, 3.63) is 48.8 Å². The van der Waals surface area contributed by atoms with Crippen LogP contribution in [0.25, 0.3) is 0 Å². The molecule has 0 radical (unpaired) electrons. The first-order valence-electron chi connectivity index (χ1n) is 6.03. The average Bonchev–Trinajstić information content (AvgIpc) is 2.28. The van der Waals surface area contributed by atoms with Gasteiger partial charge in [0, 0.05) is 6.07 Å². The fourth-order valence-electron chi connectivity index (χ4n) is 1.29. The van der Waals surface area contributed by atoms with Crippen LogP contribution in [0.5, 0.6) is 11.5 Å². The summed E-state index contributed by atoms with van der Waals surface area (Å²) in [6.45, 7) is 16.1. The standard InChI is InChI=1S/C14H22O2Si2/c1-7-17(3,4)15-13-10-9-11-14(12-13)16-18(5,6)8-2/h7-12H,1-2H2,3-6H3. The van der Waals surface area contributed by atoms with Crippen LogP contribution in [0.4, 0.5) is 0 Å². The molecule has 0 aliphatic heterocycles. The molecule has 1 rings (SSSR count). The molecule has 98 valence electrons. The second-order valence-electron chi connectivity index (χ2n) is 5.29. The van der Waals surface area contributed by atoms with E-state index in [0.29, 0.717) is 0 Å². The molecule has 0 unspecified atom stereocenters. The smallest absolute Gasteiger partial charge is 0.269 e. The Bertz CT molecular complexity index is 402. The van der Waals surface area contributed by atoms with Crippen molar-refractivity contribution < 1.29 is 8.85 Å². The molecule has 0 amide bonds. The maximum absolute atomic E-state index is 5.97. The van der Waals surface area contributed by atoms with Crippen molar-refractivity contribution in [1.29, 1.82) is 0 Å². The Balaban J connectivity index is 2.86. The normalized spacial score (nSPS) is 11.8. The lowest BCUT2D eigenvalue weighted by Gasteiger charge is -2.23. The molecule has 1 aromatic rings. The van der Waals surface area contributed by atoms with Crippen LogP contribution in [-0.4, -0.2) is 16.6 Å². The van der Waals surface area contributed by atoms with Gasteiger partial charge in [-0.05, 0) is 38.3 Å². The van der Waals surface area contributed by atoms with Gasteiger partial charge >= 0.3 is 0 Å². The molecule has 0 saturated heterocycles. The van der Waals surface area contributed by atoms with E-state index in [9.17, 15) is 0 Å². The highest BCUT2D eigenvalue weighted by Gasteiger charge is 2.21. The fourth-order valence-corrected chi connectivity index (χ4v) is 2.93. The summed E-state index contributed by atoms with van der Waals surface area (Å²) in [5.74, 6) is 1.69. The molecule has 4 heteroatoms. The fraction of sp³-hybridized carbons (Fsp3) is 0.286. The van der Waals surface area contributed by atoms with Crippen molar-refractivity contribution >= 4 is 16.6 Å². The summed E-state index contributed by atoms with van der Waals surface area (Å²) in [5.41, 5.74) is 3.84. The Labute approximate surface area is 112 Å². The van der Waals surface area contributed by atoms with E-state index < -0.39 is 16.6 Å². The predicted molar refractivity (Wildman–Crippen MR) is 83.1 cm³/mol. The average molecular weight is 278 g/mol. The monoisotopic (exact) mass is 278 g/mol. The molecular formula is C14H22O2Si2. The molecule has 0 aromatic heterocycles. The Morgan fingerprint density at radius 3 is 1.61 bits per heavy atom. The van der Waals surface area contributed by atoms with Gasteiger partial charge in [0.25, 0.3) is 16.6 Å². The van der Waals surface area contributed by atoms with E-state index in [4.69, 9.17) is 8.85 Å². The van der Waals surface area contributed by atoms with Crippen LogP contribution in [0, 0.1) is 0 Å². The minimum atomic E-state index is -1.81. The Morgan fingerprint density at radius 1 is 0.889 bits per heavy atom. The maximum atomic E-state index is 5.97. The topological polar surface area (TPSA) is 18.5 Å². The number of hydrogen-bond donors (Lipinski definition) is 0. The van der Waals surface area contributed by atoms with Gasteiger partial charge in [-0.25, -0.2) is 0 Å². The second-order valence-corrected chi connectivity index (χ2v) is 12.9. The van der Waals surface area contributed by atoms with Gasteiger partial charge in [0.15, 0.2) is 0 Å². The van der Waals surface area contributed by atoms with E-state index >= 15 is 0 Å². The van der Waals surface area contributed by atoms with Gasteiger partial charge in [-0.2, -0.15) is 0 Å². The zero-order valence-electron chi connectivity index (χ0n) is 11.7. The van der Waals surface area contributed by atoms with Crippen molar-refractivity contribution in [3.63, 3.8) is 0 Å². The molecule has 0 aliphatic rings. The lowest BCUT2D eigenvalue weighted by atomic mass is 10.3. The van der Waals surface area contributed by atoms with Gasteiger partial charge in [-0.3, -0.25) is 0 Å². The summed E-state index contributed by atoms with van der Waals surface area (Å²) in [6, 6.07) is 7.80.